The summed E-state index contributed by atoms with van der Waals surface area (Å²) in [6.45, 7) is 1.69. The summed E-state index contributed by atoms with van der Waals surface area (Å²) in [5.74, 6) is 2.74. The van der Waals surface area contributed by atoms with Crippen molar-refractivity contribution in [3.63, 3.8) is 0 Å². The van der Waals surface area contributed by atoms with Crippen molar-refractivity contribution in [2.45, 2.75) is 19.3 Å². The molecular weight excluding hydrogens is 451 g/mol. The Labute approximate surface area is 172 Å². The first-order valence-electron chi connectivity index (χ1n) is 8.81. The summed E-state index contributed by atoms with van der Waals surface area (Å²) >= 11 is 5.85. The summed E-state index contributed by atoms with van der Waals surface area (Å²) in [6.07, 6.45) is 3.59. The van der Waals surface area contributed by atoms with Crippen LogP contribution in [0.2, 0.25) is 5.02 Å². The monoisotopic (exact) mass is 478 g/mol. The zero-order valence-electron chi connectivity index (χ0n) is 15.2. The van der Waals surface area contributed by atoms with Crippen LogP contribution in [0.4, 0.5) is 10.5 Å². The Balaban J connectivity index is 0.00000225. The fraction of sp³-hybridized carbons (Fsp3) is 0.632. The number of hydrogen-bond donors (Lipinski definition) is 1. The van der Waals surface area contributed by atoms with Gasteiger partial charge in [0.25, 0.3) is 0 Å². The molecule has 140 valence electrons. The topological polar surface area (TPSA) is 38.3 Å². The first-order valence-corrected chi connectivity index (χ1v) is 9.19. The fourth-order valence-corrected chi connectivity index (χ4v) is 4.69. The van der Waals surface area contributed by atoms with E-state index in [0.717, 1.165) is 22.9 Å². The van der Waals surface area contributed by atoms with Gasteiger partial charge in [-0.3, -0.25) is 5.32 Å². The minimum absolute atomic E-state index is 0. The van der Waals surface area contributed by atoms with Gasteiger partial charge in [0.05, 0.1) is 34.3 Å². The lowest BCUT2D eigenvalue weighted by Gasteiger charge is -2.36. The van der Waals surface area contributed by atoms with Crippen molar-refractivity contribution in [2.24, 2.45) is 23.7 Å². The Hall–Kier alpha value is -0.530. The summed E-state index contributed by atoms with van der Waals surface area (Å²) in [4.78, 5) is 12.1. The second-order valence-electron chi connectivity index (χ2n) is 8.36. The van der Waals surface area contributed by atoms with E-state index in [1.54, 1.807) is 24.3 Å². The van der Waals surface area contributed by atoms with Gasteiger partial charge in [0, 0.05) is 22.5 Å². The van der Waals surface area contributed by atoms with Crippen LogP contribution in [-0.4, -0.2) is 44.9 Å². The number of amides is 1. The molecule has 6 heteroatoms. The third-order valence-corrected chi connectivity index (χ3v) is 5.78. The maximum Gasteiger partial charge on any atom is 0.411 e. The van der Waals surface area contributed by atoms with E-state index in [2.05, 4.69) is 26.5 Å². The van der Waals surface area contributed by atoms with Crippen molar-refractivity contribution in [3.05, 3.63) is 29.3 Å². The minimum atomic E-state index is -0.371. The molecule has 0 heterocycles. The largest absolute Gasteiger partial charge is 1.00 e. The molecule has 0 radical (unpaired) electrons. The summed E-state index contributed by atoms with van der Waals surface area (Å²) in [5, 5.41) is 3.43. The van der Waals surface area contributed by atoms with Crippen LogP contribution in [0, 0.1) is 23.7 Å². The van der Waals surface area contributed by atoms with Crippen molar-refractivity contribution < 1.29 is 38.0 Å². The molecule has 1 N–H and O–H groups in total. The van der Waals surface area contributed by atoms with Crippen LogP contribution in [0.15, 0.2) is 24.3 Å². The van der Waals surface area contributed by atoms with Crippen LogP contribution < -0.4 is 29.3 Å². The average Bonchev–Trinajstić information content (AvgIpc) is 3.08. The van der Waals surface area contributed by atoms with Gasteiger partial charge in [-0.1, -0.05) is 11.6 Å². The normalized spacial score (nSPS) is 27.7. The third-order valence-electron chi connectivity index (χ3n) is 5.53. The van der Waals surface area contributed by atoms with Gasteiger partial charge < -0.3 is 33.2 Å². The molecule has 1 aromatic carbocycles. The SMILES string of the molecule is C[N+](C)(C)C[C@H]1[C@H]2CC[C@@H](C2)[C@H]1COC(=O)Nc1ccc(Cl)cc1.[I-]. The molecule has 0 aliphatic heterocycles. The highest BCUT2D eigenvalue weighted by Crippen LogP contribution is 2.52. The highest BCUT2D eigenvalue weighted by atomic mass is 127. The second kappa shape index (κ2) is 8.44. The highest BCUT2D eigenvalue weighted by Gasteiger charge is 2.49. The lowest BCUT2D eigenvalue weighted by atomic mass is 9.79. The Morgan fingerprint density at radius 2 is 1.76 bits per heavy atom. The van der Waals surface area contributed by atoms with Gasteiger partial charge in [-0.25, -0.2) is 4.79 Å². The second-order valence-corrected chi connectivity index (χ2v) is 8.80. The predicted molar refractivity (Wildman–Crippen MR) is 97.1 cm³/mol. The van der Waals surface area contributed by atoms with Crippen LogP contribution in [0.5, 0.6) is 0 Å². The quantitative estimate of drug-likeness (QED) is 0.511. The molecule has 4 atom stereocenters. The molecule has 3 rings (SSSR count). The van der Waals surface area contributed by atoms with E-state index in [9.17, 15) is 4.79 Å². The molecular formula is C19H28ClIN2O2. The lowest BCUT2D eigenvalue weighted by Crippen LogP contribution is -3.00. The molecule has 4 nitrogen and oxygen atoms in total. The van der Waals surface area contributed by atoms with Gasteiger partial charge in [-0.2, -0.15) is 0 Å². The molecule has 2 aliphatic carbocycles. The van der Waals surface area contributed by atoms with E-state index < -0.39 is 0 Å². The van der Waals surface area contributed by atoms with Crippen LogP contribution in [0.3, 0.4) is 0 Å². The number of ether oxygens (including phenoxy) is 1. The van der Waals surface area contributed by atoms with E-state index in [1.807, 2.05) is 0 Å². The number of nitrogens with one attached hydrogen (secondary N) is 1. The van der Waals surface area contributed by atoms with Gasteiger partial charge >= 0.3 is 6.09 Å². The van der Waals surface area contributed by atoms with Gasteiger partial charge in [0.1, 0.15) is 0 Å². The predicted octanol–water partition coefficient (Wildman–Crippen LogP) is 1.26. The van der Waals surface area contributed by atoms with Gasteiger partial charge in [-0.05, 0) is 55.4 Å². The first-order chi connectivity index (χ1) is 11.3. The number of quaternary nitrogens is 1. The number of hydrogen-bond acceptors (Lipinski definition) is 2. The summed E-state index contributed by atoms with van der Waals surface area (Å²) < 4.78 is 6.54. The van der Waals surface area contributed by atoms with Crippen LogP contribution in [-0.2, 0) is 4.74 Å². The number of nitrogens with zero attached hydrogens (tertiary/aromatic N) is 1. The van der Waals surface area contributed by atoms with Gasteiger partial charge in [0.2, 0.25) is 0 Å². The smallest absolute Gasteiger partial charge is 0.411 e. The highest BCUT2D eigenvalue weighted by molar-refractivity contribution is 6.30. The summed E-state index contributed by atoms with van der Waals surface area (Å²) in [7, 11) is 6.74. The number of halogens is 2. The van der Waals surface area contributed by atoms with Crippen LogP contribution in [0.1, 0.15) is 19.3 Å². The molecule has 2 aliphatic rings. The lowest BCUT2D eigenvalue weighted by molar-refractivity contribution is -0.874. The van der Waals surface area contributed by atoms with E-state index in [4.69, 9.17) is 16.3 Å². The Morgan fingerprint density at radius 3 is 2.36 bits per heavy atom. The number of benzene rings is 1. The molecule has 0 spiro atoms. The van der Waals surface area contributed by atoms with E-state index in [0.29, 0.717) is 29.2 Å². The molecule has 0 unspecified atom stereocenters. The molecule has 1 amide bonds. The van der Waals surface area contributed by atoms with Crippen molar-refractivity contribution in [1.29, 1.82) is 0 Å². The standard InChI is InChI=1S/C19H27ClN2O2.HI/c1-22(2,3)11-17-13-4-5-14(10-13)18(17)12-24-19(23)21-16-8-6-15(20)7-9-16;/h6-9,13-14,17-18H,4-5,10-12H2,1-3H3;1H/t13-,14-,17-,18+;/m0./s1. The van der Waals surface area contributed by atoms with Crippen molar-refractivity contribution >= 4 is 23.4 Å². The number of anilines is 1. The van der Waals surface area contributed by atoms with Crippen LogP contribution >= 0.6 is 11.6 Å². The van der Waals surface area contributed by atoms with Crippen molar-refractivity contribution in [1.82, 2.24) is 0 Å². The third kappa shape index (κ3) is 5.47. The van der Waals surface area contributed by atoms with E-state index in [1.165, 1.54) is 19.3 Å². The van der Waals surface area contributed by atoms with Gasteiger partial charge in [-0.15, -0.1) is 0 Å². The summed E-state index contributed by atoms with van der Waals surface area (Å²) in [5.41, 5.74) is 0.709. The first kappa shape index (κ1) is 20.8. The Bertz CT molecular complexity index is 588. The zero-order valence-corrected chi connectivity index (χ0v) is 18.1. The molecule has 2 saturated carbocycles. The maximum absolute atomic E-state index is 12.1. The maximum atomic E-state index is 12.1. The zero-order chi connectivity index (χ0) is 17.3. The minimum Gasteiger partial charge on any atom is -1.00 e. The van der Waals surface area contributed by atoms with Crippen LogP contribution in [0.25, 0.3) is 0 Å². The van der Waals surface area contributed by atoms with E-state index >= 15 is 0 Å². The molecule has 2 fully saturated rings. The molecule has 25 heavy (non-hydrogen) atoms. The molecule has 1 aromatic rings. The summed E-state index contributed by atoms with van der Waals surface area (Å²) in [6, 6.07) is 7.07. The number of carbonyl (C=O) groups excluding carboxylic acids is 1. The Kier molecular flexibility index (Phi) is 7.01. The molecule has 0 saturated heterocycles. The van der Waals surface area contributed by atoms with Crippen molar-refractivity contribution in [2.75, 3.05) is 39.6 Å². The number of fused-ring (bicyclic) bond motifs is 2. The molecule has 0 aromatic heterocycles. The Morgan fingerprint density at radius 1 is 1.16 bits per heavy atom. The number of carbonyl (C=O) groups is 1. The van der Waals surface area contributed by atoms with E-state index in [-0.39, 0.29) is 30.1 Å². The molecule has 2 bridgehead atoms. The fourth-order valence-electron chi connectivity index (χ4n) is 4.57. The van der Waals surface area contributed by atoms with Gasteiger partial charge in [0.15, 0.2) is 0 Å². The number of rotatable bonds is 5. The van der Waals surface area contributed by atoms with Crippen molar-refractivity contribution in [3.8, 4) is 0 Å². The average molecular weight is 479 g/mol.